The first-order chi connectivity index (χ1) is 14.7. The van der Waals surface area contributed by atoms with Gasteiger partial charge in [0.2, 0.25) is 5.91 Å². The highest BCUT2D eigenvalue weighted by Crippen LogP contribution is 2.04. The fraction of sp³-hybridized carbons (Fsp3) is 0.500. The zero-order valence-electron chi connectivity index (χ0n) is 17.6. The monoisotopic (exact) mass is 440 g/mol. The number of hydrogen-bond acceptors (Lipinski definition) is 6. The van der Waals surface area contributed by atoms with Gasteiger partial charge >= 0.3 is 12.2 Å². The van der Waals surface area contributed by atoms with Crippen molar-refractivity contribution in [2.45, 2.75) is 45.3 Å². The number of unbranched alkanes of at least 4 members (excludes halogenated alkanes) is 1. The van der Waals surface area contributed by atoms with Gasteiger partial charge in [0.1, 0.15) is 6.61 Å². The number of carboxylic acids is 1. The van der Waals surface area contributed by atoms with E-state index in [0.29, 0.717) is 13.0 Å². The Hall–Kier alpha value is -3.34. The minimum atomic E-state index is -1.16. The van der Waals surface area contributed by atoms with Crippen LogP contribution in [-0.4, -0.2) is 60.0 Å². The molecule has 0 saturated carbocycles. The SMILES string of the molecule is CC(=O)O.NCCCC[C@@H](CC(=O)NCCNC(=O)OCc1ccccc1)NC(=O)O. The molecule has 0 aliphatic rings. The average molecular weight is 440 g/mol. The van der Waals surface area contributed by atoms with Crippen LogP contribution in [0.2, 0.25) is 0 Å². The Bertz CT molecular complexity index is 667. The molecule has 1 aromatic carbocycles. The summed E-state index contributed by atoms with van der Waals surface area (Å²) < 4.78 is 5.05. The van der Waals surface area contributed by atoms with Crippen molar-refractivity contribution < 1.29 is 34.1 Å². The van der Waals surface area contributed by atoms with E-state index in [2.05, 4.69) is 16.0 Å². The third-order valence-corrected chi connectivity index (χ3v) is 3.70. The molecule has 0 spiro atoms. The molecule has 1 atom stereocenters. The maximum absolute atomic E-state index is 11.9. The van der Waals surface area contributed by atoms with Crippen LogP contribution in [0.4, 0.5) is 9.59 Å². The molecule has 0 saturated heterocycles. The molecule has 11 heteroatoms. The molecule has 31 heavy (non-hydrogen) atoms. The lowest BCUT2D eigenvalue weighted by atomic mass is 10.1. The largest absolute Gasteiger partial charge is 0.481 e. The van der Waals surface area contributed by atoms with E-state index in [1.165, 1.54) is 0 Å². The Morgan fingerprint density at radius 1 is 1.03 bits per heavy atom. The Balaban J connectivity index is 0.00000206. The average Bonchev–Trinajstić information content (AvgIpc) is 2.70. The van der Waals surface area contributed by atoms with Crippen LogP contribution < -0.4 is 21.7 Å². The predicted octanol–water partition coefficient (Wildman–Crippen LogP) is 1.28. The number of ether oxygens (including phenoxy) is 1. The molecule has 1 aromatic rings. The minimum Gasteiger partial charge on any atom is -0.481 e. The number of carbonyl (C=O) groups is 4. The number of carboxylic acid groups (broad SMARTS) is 2. The van der Waals surface area contributed by atoms with E-state index in [1.54, 1.807) is 0 Å². The van der Waals surface area contributed by atoms with Gasteiger partial charge in [-0.05, 0) is 24.9 Å². The normalized spacial score (nSPS) is 10.6. The van der Waals surface area contributed by atoms with Crippen LogP contribution in [0.3, 0.4) is 0 Å². The maximum Gasteiger partial charge on any atom is 0.407 e. The highest BCUT2D eigenvalue weighted by Gasteiger charge is 2.15. The second-order valence-electron chi connectivity index (χ2n) is 6.49. The summed E-state index contributed by atoms with van der Waals surface area (Å²) in [4.78, 5) is 43.3. The van der Waals surface area contributed by atoms with Crippen molar-refractivity contribution in [3.8, 4) is 0 Å². The molecule has 3 amide bonds. The molecule has 7 N–H and O–H groups in total. The van der Waals surface area contributed by atoms with Crippen molar-refractivity contribution in [1.29, 1.82) is 0 Å². The Labute approximate surface area is 181 Å². The van der Waals surface area contributed by atoms with E-state index in [9.17, 15) is 14.4 Å². The standard InChI is InChI=1S/C18H28N4O5.C2H4O2/c19-9-5-4-8-15(22-17(24)25)12-16(23)20-10-11-21-18(26)27-13-14-6-2-1-3-7-14;1-2(3)4/h1-3,6-7,15,22H,4-5,8-13,19H2,(H,20,23)(H,21,26)(H,24,25);1H3,(H,3,4)/t15-;/m0./s1. The summed E-state index contributed by atoms with van der Waals surface area (Å²) in [6, 6.07) is 8.83. The van der Waals surface area contributed by atoms with Gasteiger partial charge in [-0.25, -0.2) is 9.59 Å². The molecule has 0 bridgehead atoms. The Kier molecular flexibility index (Phi) is 15.6. The fourth-order valence-corrected chi connectivity index (χ4v) is 2.37. The van der Waals surface area contributed by atoms with Gasteiger partial charge in [0.05, 0.1) is 0 Å². The van der Waals surface area contributed by atoms with E-state index < -0.39 is 24.2 Å². The fourth-order valence-electron chi connectivity index (χ4n) is 2.37. The van der Waals surface area contributed by atoms with Gasteiger partial charge in [0.15, 0.2) is 0 Å². The van der Waals surface area contributed by atoms with Gasteiger partial charge in [-0.1, -0.05) is 36.8 Å². The summed E-state index contributed by atoms with van der Waals surface area (Å²) in [6.07, 6.45) is 0.359. The third-order valence-electron chi connectivity index (χ3n) is 3.70. The summed E-state index contributed by atoms with van der Waals surface area (Å²) in [5, 5.41) is 23.8. The molecule has 0 aliphatic heterocycles. The molecule has 1 rings (SSSR count). The molecule has 0 radical (unpaired) electrons. The lowest BCUT2D eigenvalue weighted by Gasteiger charge is -2.16. The van der Waals surface area contributed by atoms with Gasteiger partial charge in [-0.15, -0.1) is 0 Å². The van der Waals surface area contributed by atoms with E-state index in [0.717, 1.165) is 25.3 Å². The van der Waals surface area contributed by atoms with Crippen LogP contribution in [0.25, 0.3) is 0 Å². The number of hydrogen-bond donors (Lipinski definition) is 6. The van der Waals surface area contributed by atoms with Crippen LogP contribution in [0.5, 0.6) is 0 Å². The van der Waals surface area contributed by atoms with Gasteiger partial charge < -0.3 is 36.6 Å². The molecular formula is C20H32N4O7. The lowest BCUT2D eigenvalue weighted by Crippen LogP contribution is -2.40. The van der Waals surface area contributed by atoms with Crippen molar-refractivity contribution in [3.63, 3.8) is 0 Å². The second kappa shape index (κ2) is 17.5. The number of alkyl carbamates (subject to hydrolysis) is 1. The molecule has 0 aromatic heterocycles. The van der Waals surface area contributed by atoms with Crippen LogP contribution in [0.1, 0.15) is 38.2 Å². The van der Waals surface area contributed by atoms with Gasteiger partial charge in [-0.3, -0.25) is 9.59 Å². The number of nitrogens with one attached hydrogen (secondary N) is 3. The quantitative estimate of drug-likeness (QED) is 0.263. The topological polar surface area (TPSA) is 180 Å². The highest BCUT2D eigenvalue weighted by atomic mass is 16.5. The minimum absolute atomic E-state index is 0.0370. The highest BCUT2D eigenvalue weighted by molar-refractivity contribution is 5.77. The lowest BCUT2D eigenvalue weighted by molar-refractivity contribution is -0.134. The van der Waals surface area contributed by atoms with Crippen molar-refractivity contribution in [1.82, 2.24) is 16.0 Å². The summed E-state index contributed by atoms with van der Waals surface area (Å²) in [6.45, 7) is 2.22. The molecule has 0 heterocycles. The number of benzene rings is 1. The summed E-state index contributed by atoms with van der Waals surface area (Å²) in [5.74, 6) is -1.12. The first-order valence-corrected chi connectivity index (χ1v) is 9.84. The molecule has 174 valence electrons. The zero-order chi connectivity index (χ0) is 23.5. The molecule has 0 fully saturated rings. The zero-order valence-corrected chi connectivity index (χ0v) is 17.6. The van der Waals surface area contributed by atoms with Gasteiger partial charge in [0, 0.05) is 32.5 Å². The van der Waals surface area contributed by atoms with E-state index >= 15 is 0 Å². The van der Waals surface area contributed by atoms with E-state index in [-0.39, 0.29) is 32.0 Å². The first-order valence-electron chi connectivity index (χ1n) is 9.84. The van der Waals surface area contributed by atoms with E-state index in [1.807, 2.05) is 30.3 Å². The second-order valence-corrected chi connectivity index (χ2v) is 6.49. The van der Waals surface area contributed by atoms with Crippen molar-refractivity contribution in [2.75, 3.05) is 19.6 Å². The van der Waals surface area contributed by atoms with Gasteiger partial charge in [-0.2, -0.15) is 0 Å². The maximum atomic E-state index is 11.9. The van der Waals surface area contributed by atoms with Crippen molar-refractivity contribution >= 4 is 24.1 Å². The number of nitrogens with two attached hydrogens (primary N) is 1. The van der Waals surface area contributed by atoms with Crippen LogP contribution in [-0.2, 0) is 20.9 Å². The van der Waals surface area contributed by atoms with Crippen molar-refractivity contribution in [3.05, 3.63) is 35.9 Å². The van der Waals surface area contributed by atoms with Crippen LogP contribution >= 0.6 is 0 Å². The number of carbonyl (C=O) groups excluding carboxylic acids is 2. The van der Waals surface area contributed by atoms with E-state index in [4.69, 9.17) is 25.5 Å². The summed E-state index contributed by atoms with van der Waals surface area (Å²) >= 11 is 0. The summed E-state index contributed by atoms with van der Waals surface area (Å²) in [5.41, 5.74) is 6.30. The van der Waals surface area contributed by atoms with Crippen LogP contribution in [0.15, 0.2) is 30.3 Å². The smallest absolute Gasteiger partial charge is 0.407 e. The first kappa shape index (κ1) is 27.7. The summed E-state index contributed by atoms with van der Waals surface area (Å²) in [7, 11) is 0. The molecule has 0 unspecified atom stereocenters. The number of rotatable bonds is 12. The molecular weight excluding hydrogens is 408 g/mol. The molecule has 0 aliphatic carbocycles. The molecule has 11 nitrogen and oxygen atoms in total. The Morgan fingerprint density at radius 3 is 2.23 bits per heavy atom. The number of amides is 3. The van der Waals surface area contributed by atoms with Gasteiger partial charge in [0.25, 0.3) is 5.97 Å². The third kappa shape index (κ3) is 18.4. The number of aliphatic carboxylic acids is 1. The van der Waals surface area contributed by atoms with Crippen molar-refractivity contribution in [2.24, 2.45) is 5.73 Å². The predicted molar refractivity (Wildman–Crippen MR) is 113 cm³/mol. The Morgan fingerprint density at radius 2 is 1.65 bits per heavy atom. The van der Waals surface area contributed by atoms with Crippen LogP contribution in [0, 0.1) is 0 Å².